The van der Waals surface area contributed by atoms with E-state index in [9.17, 15) is 9.59 Å². The number of hydrogen-bond donors (Lipinski definition) is 0. The minimum Gasteiger partial charge on any atom is -0.432 e. The van der Waals surface area contributed by atoms with E-state index in [1.165, 1.54) is 6.92 Å². The number of para-hydroxylation sites is 1. The molecule has 0 aliphatic carbocycles. The molecule has 2 heterocycles. The number of oxime groups is 1. The van der Waals surface area contributed by atoms with Gasteiger partial charge in [-0.2, -0.15) is 0 Å². The number of rotatable bonds is 2. The highest BCUT2D eigenvalue weighted by Crippen LogP contribution is 2.40. The second-order valence-electron chi connectivity index (χ2n) is 5.51. The number of fused-ring (bicyclic) bond motifs is 5. The van der Waals surface area contributed by atoms with E-state index in [1.54, 1.807) is 6.07 Å². The Bertz CT molecular complexity index is 1050. The van der Waals surface area contributed by atoms with Crippen LogP contribution < -0.4 is 4.74 Å². The standard InChI is InChI=1S/C18H14N2O4/c1-3-20-13-7-5-4-6-11(13)15-14(20)9-8-12-16(22)18(23-17(12)15)19-24-10(2)21/h4-9H,3H2,1-2H3. The van der Waals surface area contributed by atoms with Crippen molar-refractivity contribution in [1.82, 2.24) is 4.57 Å². The second-order valence-corrected chi connectivity index (χ2v) is 5.51. The summed E-state index contributed by atoms with van der Waals surface area (Å²) in [6, 6.07) is 11.6. The van der Waals surface area contributed by atoms with Crippen molar-refractivity contribution < 1.29 is 19.2 Å². The van der Waals surface area contributed by atoms with Crippen LogP contribution >= 0.6 is 0 Å². The number of ketones is 1. The highest BCUT2D eigenvalue weighted by atomic mass is 16.7. The lowest BCUT2D eigenvalue weighted by molar-refractivity contribution is -0.141. The fourth-order valence-electron chi connectivity index (χ4n) is 3.16. The third-order valence-corrected chi connectivity index (χ3v) is 4.10. The molecule has 6 nitrogen and oxygen atoms in total. The van der Waals surface area contributed by atoms with Crippen LogP contribution in [0.1, 0.15) is 24.2 Å². The Morgan fingerprint density at radius 2 is 2.00 bits per heavy atom. The molecule has 0 radical (unpaired) electrons. The molecule has 0 amide bonds. The smallest absolute Gasteiger partial charge is 0.332 e. The van der Waals surface area contributed by atoms with Crippen molar-refractivity contribution in [3.63, 3.8) is 0 Å². The maximum absolute atomic E-state index is 12.4. The summed E-state index contributed by atoms with van der Waals surface area (Å²) in [6.07, 6.45) is 0. The number of ether oxygens (including phenoxy) is 1. The van der Waals surface area contributed by atoms with Crippen LogP contribution in [0.25, 0.3) is 21.8 Å². The van der Waals surface area contributed by atoms with E-state index in [4.69, 9.17) is 4.74 Å². The normalized spacial score (nSPS) is 15.1. The molecular weight excluding hydrogens is 308 g/mol. The number of nitrogens with zero attached hydrogens (tertiary/aromatic N) is 2. The fraction of sp³-hybridized carbons (Fsp3) is 0.167. The highest BCUT2D eigenvalue weighted by molar-refractivity contribution is 6.47. The quantitative estimate of drug-likeness (QED) is 0.536. The lowest BCUT2D eigenvalue weighted by Crippen LogP contribution is -2.13. The van der Waals surface area contributed by atoms with Crippen LogP contribution in [0.15, 0.2) is 41.6 Å². The third-order valence-electron chi connectivity index (χ3n) is 4.10. The average molecular weight is 322 g/mol. The number of benzene rings is 2. The molecule has 1 aromatic heterocycles. The number of hydrogen-bond acceptors (Lipinski definition) is 5. The summed E-state index contributed by atoms with van der Waals surface area (Å²) in [5, 5.41) is 5.39. The monoisotopic (exact) mass is 322 g/mol. The van der Waals surface area contributed by atoms with Gasteiger partial charge in [-0.05, 0) is 30.3 Å². The Morgan fingerprint density at radius 3 is 2.75 bits per heavy atom. The van der Waals surface area contributed by atoms with Gasteiger partial charge in [-0.25, -0.2) is 4.79 Å². The van der Waals surface area contributed by atoms with Gasteiger partial charge in [-0.15, -0.1) is 0 Å². The van der Waals surface area contributed by atoms with Gasteiger partial charge in [0.2, 0.25) is 0 Å². The van der Waals surface area contributed by atoms with Gasteiger partial charge in [0.05, 0.1) is 16.5 Å². The van der Waals surface area contributed by atoms with Crippen molar-refractivity contribution in [2.45, 2.75) is 20.4 Å². The maximum Gasteiger partial charge on any atom is 0.332 e. The van der Waals surface area contributed by atoms with E-state index in [-0.39, 0.29) is 11.7 Å². The van der Waals surface area contributed by atoms with Crippen molar-refractivity contribution in [2.24, 2.45) is 5.16 Å². The highest BCUT2D eigenvalue weighted by Gasteiger charge is 2.33. The molecule has 0 N–H and O–H groups in total. The molecule has 24 heavy (non-hydrogen) atoms. The van der Waals surface area contributed by atoms with E-state index in [0.29, 0.717) is 11.3 Å². The first-order chi connectivity index (χ1) is 11.6. The molecule has 0 saturated carbocycles. The summed E-state index contributed by atoms with van der Waals surface area (Å²) in [6.45, 7) is 4.08. The molecular formula is C18H14N2O4. The molecule has 0 bridgehead atoms. The van der Waals surface area contributed by atoms with Crippen molar-refractivity contribution >= 4 is 39.5 Å². The fourth-order valence-corrected chi connectivity index (χ4v) is 3.16. The van der Waals surface area contributed by atoms with Crippen LogP contribution in [0, 0.1) is 0 Å². The molecule has 0 fully saturated rings. The van der Waals surface area contributed by atoms with E-state index in [2.05, 4.69) is 21.5 Å². The first-order valence-electron chi connectivity index (χ1n) is 7.64. The lowest BCUT2D eigenvalue weighted by atomic mass is 10.1. The number of Topliss-reactive ketones (excluding diaryl/α,β-unsaturated/α-hetero) is 1. The Morgan fingerprint density at radius 1 is 1.21 bits per heavy atom. The van der Waals surface area contributed by atoms with Gasteiger partial charge in [0.25, 0.3) is 5.78 Å². The summed E-state index contributed by atoms with van der Waals surface area (Å²) in [5.41, 5.74) is 2.48. The Balaban J connectivity index is 1.99. The zero-order chi connectivity index (χ0) is 16.8. The zero-order valence-electron chi connectivity index (χ0n) is 13.2. The van der Waals surface area contributed by atoms with E-state index >= 15 is 0 Å². The molecule has 120 valence electrons. The zero-order valence-corrected chi connectivity index (χ0v) is 13.2. The first-order valence-corrected chi connectivity index (χ1v) is 7.64. The van der Waals surface area contributed by atoms with Gasteiger partial charge >= 0.3 is 11.9 Å². The lowest BCUT2D eigenvalue weighted by Gasteiger charge is -2.03. The molecule has 0 spiro atoms. The predicted octanol–water partition coefficient (Wildman–Crippen LogP) is 3.27. The first kappa shape index (κ1) is 14.4. The summed E-state index contributed by atoms with van der Waals surface area (Å²) < 4.78 is 7.83. The molecule has 0 saturated heterocycles. The van der Waals surface area contributed by atoms with E-state index < -0.39 is 5.97 Å². The third kappa shape index (κ3) is 1.93. The largest absolute Gasteiger partial charge is 0.432 e. The number of aryl methyl sites for hydroxylation is 1. The Kier molecular flexibility index (Phi) is 3.13. The number of carbonyl (C=O) groups excluding carboxylic acids is 2. The minimum absolute atomic E-state index is 0.221. The second kappa shape index (κ2) is 5.19. The number of aromatic nitrogens is 1. The minimum atomic E-state index is -0.609. The average Bonchev–Trinajstić information content (AvgIpc) is 3.07. The van der Waals surface area contributed by atoms with Gasteiger partial charge in [0.15, 0.2) is 5.75 Å². The van der Waals surface area contributed by atoms with E-state index in [0.717, 1.165) is 28.4 Å². The molecule has 0 unspecified atom stereocenters. The van der Waals surface area contributed by atoms with Gasteiger partial charge < -0.3 is 14.1 Å². The van der Waals surface area contributed by atoms with Crippen LogP contribution in [0.4, 0.5) is 0 Å². The Hall–Kier alpha value is -3.15. The van der Waals surface area contributed by atoms with Crippen molar-refractivity contribution in [2.75, 3.05) is 0 Å². The summed E-state index contributed by atoms with van der Waals surface area (Å²) >= 11 is 0. The number of carbonyl (C=O) groups is 2. The molecule has 0 atom stereocenters. The van der Waals surface area contributed by atoms with Crippen LogP contribution in [-0.2, 0) is 16.2 Å². The van der Waals surface area contributed by atoms with Crippen LogP contribution in [0.3, 0.4) is 0 Å². The SMILES string of the molecule is CCn1c2ccccc2c2c3c(ccc21)C(=O)C(=NOC(C)=O)O3. The molecule has 3 aromatic rings. The van der Waals surface area contributed by atoms with Crippen LogP contribution in [0.5, 0.6) is 5.75 Å². The maximum atomic E-state index is 12.4. The van der Waals surface area contributed by atoms with Crippen LogP contribution in [-0.4, -0.2) is 22.2 Å². The summed E-state index contributed by atoms with van der Waals surface area (Å²) in [5.74, 6) is -0.753. The predicted molar refractivity (Wildman–Crippen MR) is 89.3 cm³/mol. The van der Waals surface area contributed by atoms with Gasteiger partial charge in [0.1, 0.15) is 0 Å². The molecule has 4 rings (SSSR count). The van der Waals surface area contributed by atoms with Gasteiger partial charge in [0, 0.05) is 24.4 Å². The molecule has 6 heteroatoms. The summed E-state index contributed by atoms with van der Waals surface area (Å²) in [7, 11) is 0. The van der Waals surface area contributed by atoms with Crippen LogP contribution in [0.2, 0.25) is 0 Å². The Labute approximate surface area is 137 Å². The van der Waals surface area contributed by atoms with Crippen molar-refractivity contribution in [3.8, 4) is 5.75 Å². The summed E-state index contributed by atoms with van der Waals surface area (Å²) in [4.78, 5) is 27.9. The van der Waals surface area contributed by atoms with Gasteiger partial charge in [-0.3, -0.25) is 4.79 Å². The molecule has 1 aliphatic heterocycles. The van der Waals surface area contributed by atoms with Gasteiger partial charge in [-0.1, -0.05) is 18.2 Å². The topological polar surface area (TPSA) is 69.9 Å². The molecule has 1 aliphatic rings. The molecule has 2 aromatic carbocycles. The van der Waals surface area contributed by atoms with E-state index in [1.807, 2.05) is 30.3 Å². The van der Waals surface area contributed by atoms with Crippen molar-refractivity contribution in [3.05, 3.63) is 42.0 Å². The van der Waals surface area contributed by atoms with Crippen molar-refractivity contribution in [1.29, 1.82) is 0 Å².